The number of aryl methyl sites for hydroxylation is 3. The fourth-order valence-corrected chi connectivity index (χ4v) is 3.29. The summed E-state index contributed by atoms with van der Waals surface area (Å²) in [6, 6.07) is 10.5. The number of likely N-dealkylation sites (N-methyl/N-ethyl adjacent to an activating group) is 1. The van der Waals surface area contributed by atoms with Gasteiger partial charge in [-0.05, 0) is 37.6 Å². The van der Waals surface area contributed by atoms with Crippen molar-refractivity contribution in [3.8, 4) is 11.8 Å². The van der Waals surface area contributed by atoms with E-state index in [1.807, 2.05) is 12.1 Å². The molecule has 0 atom stereocenters. The van der Waals surface area contributed by atoms with Gasteiger partial charge in [0.05, 0.1) is 31.8 Å². The van der Waals surface area contributed by atoms with E-state index in [2.05, 4.69) is 34.8 Å². The molecule has 2 heterocycles. The predicted molar refractivity (Wildman–Crippen MR) is 92.9 cm³/mol. The molecule has 0 bridgehead atoms. The molecule has 3 rings (SSSR count). The van der Waals surface area contributed by atoms with E-state index >= 15 is 0 Å². The van der Waals surface area contributed by atoms with E-state index in [0.29, 0.717) is 13.0 Å². The second-order valence-corrected chi connectivity index (χ2v) is 6.34. The van der Waals surface area contributed by atoms with Crippen LogP contribution in [-0.4, -0.2) is 35.4 Å². The molecule has 0 saturated heterocycles. The fourth-order valence-electron chi connectivity index (χ4n) is 3.29. The zero-order valence-corrected chi connectivity index (χ0v) is 14.5. The van der Waals surface area contributed by atoms with Gasteiger partial charge in [-0.3, -0.25) is 4.68 Å². The molecule has 0 amide bonds. The van der Waals surface area contributed by atoms with E-state index in [1.165, 1.54) is 22.5 Å². The molecule has 0 fully saturated rings. The number of nitrogens with zero attached hydrogens (tertiary/aromatic N) is 4. The molecule has 1 aromatic carbocycles. The van der Waals surface area contributed by atoms with Crippen LogP contribution in [0.4, 0.5) is 0 Å². The Labute approximate surface area is 143 Å². The van der Waals surface area contributed by atoms with E-state index in [0.717, 1.165) is 38.1 Å². The Balaban J connectivity index is 1.76. The predicted octanol–water partition coefficient (Wildman–Crippen LogP) is 2.58. The van der Waals surface area contributed by atoms with Gasteiger partial charge in [0.15, 0.2) is 0 Å². The van der Waals surface area contributed by atoms with Crippen molar-refractivity contribution in [2.45, 2.75) is 38.8 Å². The van der Waals surface area contributed by atoms with Crippen molar-refractivity contribution in [2.75, 3.05) is 20.7 Å². The molecule has 0 aliphatic carbocycles. The molecule has 0 saturated carbocycles. The molecule has 2 aromatic rings. The average molecular weight is 324 g/mol. The summed E-state index contributed by atoms with van der Waals surface area (Å²) < 4.78 is 7.28. The Bertz CT molecular complexity index is 727. The Hall–Kier alpha value is -2.32. The third kappa shape index (κ3) is 3.60. The van der Waals surface area contributed by atoms with Crippen LogP contribution in [0.15, 0.2) is 24.3 Å². The third-order valence-corrected chi connectivity index (χ3v) is 4.65. The zero-order valence-electron chi connectivity index (χ0n) is 14.5. The van der Waals surface area contributed by atoms with Crippen LogP contribution in [0.1, 0.15) is 28.9 Å². The van der Waals surface area contributed by atoms with Gasteiger partial charge in [0.1, 0.15) is 5.75 Å². The number of nitriles is 1. The minimum Gasteiger partial charge on any atom is -0.497 e. The van der Waals surface area contributed by atoms with E-state index < -0.39 is 0 Å². The largest absolute Gasteiger partial charge is 0.497 e. The van der Waals surface area contributed by atoms with Gasteiger partial charge in [-0.25, -0.2) is 0 Å². The first-order valence-electron chi connectivity index (χ1n) is 8.47. The van der Waals surface area contributed by atoms with Crippen LogP contribution < -0.4 is 4.74 Å². The molecule has 5 heteroatoms. The topological polar surface area (TPSA) is 54.1 Å². The molecular weight excluding hydrogens is 300 g/mol. The number of rotatable bonds is 6. The maximum absolute atomic E-state index is 8.87. The molecule has 5 nitrogen and oxygen atoms in total. The van der Waals surface area contributed by atoms with Crippen LogP contribution in [0.25, 0.3) is 0 Å². The maximum atomic E-state index is 8.87. The highest BCUT2D eigenvalue weighted by molar-refractivity contribution is 5.31. The van der Waals surface area contributed by atoms with E-state index in [4.69, 9.17) is 15.1 Å². The number of hydrogen-bond acceptors (Lipinski definition) is 4. The van der Waals surface area contributed by atoms with Crippen molar-refractivity contribution in [3.63, 3.8) is 0 Å². The number of fused-ring (bicyclic) bond motifs is 1. The summed E-state index contributed by atoms with van der Waals surface area (Å²) in [5.74, 6) is 0.888. The second-order valence-electron chi connectivity index (χ2n) is 6.34. The molecule has 0 N–H and O–H groups in total. The molecule has 24 heavy (non-hydrogen) atoms. The van der Waals surface area contributed by atoms with Crippen molar-refractivity contribution < 1.29 is 4.74 Å². The first kappa shape index (κ1) is 16.5. The van der Waals surface area contributed by atoms with Gasteiger partial charge < -0.3 is 9.64 Å². The molecule has 126 valence electrons. The highest BCUT2D eigenvalue weighted by Gasteiger charge is 2.22. The van der Waals surface area contributed by atoms with Gasteiger partial charge in [0.25, 0.3) is 0 Å². The van der Waals surface area contributed by atoms with Crippen LogP contribution >= 0.6 is 0 Å². The summed E-state index contributed by atoms with van der Waals surface area (Å²) in [6.45, 7) is 2.72. The highest BCUT2D eigenvalue weighted by atomic mass is 16.5. The normalized spacial score (nSPS) is 14.2. The summed E-state index contributed by atoms with van der Waals surface area (Å²) in [6.07, 6.45) is 3.44. The monoisotopic (exact) mass is 324 g/mol. The lowest BCUT2D eigenvalue weighted by atomic mass is 10.0. The minimum absolute atomic E-state index is 0.516. The van der Waals surface area contributed by atoms with Gasteiger partial charge in [-0.15, -0.1) is 0 Å². The lowest BCUT2D eigenvalue weighted by Gasteiger charge is -2.23. The van der Waals surface area contributed by atoms with Crippen molar-refractivity contribution >= 4 is 0 Å². The summed E-state index contributed by atoms with van der Waals surface area (Å²) in [7, 11) is 3.84. The van der Waals surface area contributed by atoms with Gasteiger partial charge in [-0.2, -0.15) is 10.4 Å². The Morgan fingerprint density at radius 3 is 2.75 bits per heavy atom. The Morgan fingerprint density at radius 2 is 2.04 bits per heavy atom. The maximum Gasteiger partial charge on any atom is 0.118 e. The van der Waals surface area contributed by atoms with Crippen molar-refractivity contribution in [1.29, 1.82) is 5.26 Å². The SMILES string of the molecule is COc1ccc(CCc2nn(CCC#N)c3c2CN(C)CC3)cc1. The van der Waals surface area contributed by atoms with E-state index in [1.54, 1.807) is 7.11 Å². The van der Waals surface area contributed by atoms with Crippen LogP contribution in [0.5, 0.6) is 5.75 Å². The molecule has 1 aromatic heterocycles. The van der Waals surface area contributed by atoms with Gasteiger partial charge in [0.2, 0.25) is 0 Å². The lowest BCUT2D eigenvalue weighted by molar-refractivity contribution is 0.306. The second kappa shape index (κ2) is 7.50. The van der Waals surface area contributed by atoms with Gasteiger partial charge in [0, 0.05) is 30.8 Å². The first-order chi connectivity index (χ1) is 11.7. The smallest absolute Gasteiger partial charge is 0.118 e. The minimum atomic E-state index is 0.516. The number of ether oxygens (including phenoxy) is 1. The average Bonchev–Trinajstić information content (AvgIpc) is 2.95. The standard InChI is InChI=1S/C19H24N4O/c1-22-13-10-19-17(14-22)18(21-23(19)12-3-11-20)9-6-15-4-7-16(24-2)8-5-15/h4-5,7-8H,3,6,9-10,12-14H2,1-2H3. The van der Waals surface area contributed by atoms with Gasteiger partial charge in [-0.1, -0.05) is 12.1 Å². The lowest BCUT2D eigenvalue weighted by Crippen LogP contribution is -2.27. The molecule has 1 aliphatic rings. The fraction of sp³-hybridized carbons (Fsp3) is 0.474. The highest BCUT2D eigenvalue weighted by Crippen LogP contribution is 2.23. The number of benzene rings is 1. The zero-order chi connectivity index (χ0) is 16.9. The summed E-state index contributed by atoms with van der Waals surface area (Å²) >= 11 is 0. The Kier molecular flexibility index (Phi) is 5.17. The first-order valence-corrected chi connectivity index (χ1v) is 8.47. The van der Waals surface area contributed by atoms with Crippen LogP contribution in [0.2, 0.25) is 0 Å². The Morgan fingerprint density at radius 1 is 1.25 bits per heavy atom. The quantitative estimate of drug-likeness (QED) is 0.819. The van der Waals surface area contributed by atoms with Gasteiger partial charge >= 0.3 is 0 Å². The number of aromatic nitrogens is 2. The molecule has 0 radical (unpaired) electrons. The third-order valence-electron chi connectivity index (χ3n) is 4.65. The summed E-state index contributed by atoms with van der Waals surface area (Å²) in [5, 5.41) is 13.7. The molecular formula is C19H24N4O. The summed E-state index contributed by atoms with van der Waals surface area (Å²) in [4.78, 5) is 2.34. The number of hydrogen-bond donors (Lipinski definition) is 0. The van der Waals surface area contributed by atoms with Crippen molar-refractivity contribution in [2.24, 2.45) is 0 Å². The van der Waals surface area contributed by atoms with Crippen molar-refractivity contribution in [1.82, 2.24) is 14.7 Å². The van der Waals surface area contributed by atoms with Crippen LogP contribution in [0.3, 0.4) is 0 Å². The van der Waals surface area contributed by atoms with Crippen LogP contribution in [-0.2, 0) is 32.4 Å². The number of methoxy groups -OCH3 is 1. The molecule has 1 aliphatic heterocycles. The van der Waals surface area contributed by atoms with E-state index in [-0.39, 0.29) is 0 Å². The van der Waals surface area contributed by atoms with Crippen molar-refractivity contribution in [3.05, 3.63) is 46.8 Å². The van der Waals surface area contributed by atoms with E-state index in [9.17, 15) is 0 Å². The molecule has 0 spiro atoms. The molecule has 0 unspecified atom stereocenters. The summed E-state index contributed by atoms with van der Waals surface area (Å²) in [5.41, 5.74) is 5.17. The van der Waals surface area contributed by atoms with Crippen LogP contribution in [0, 0.1) is 11.3 Å².